The molecule has 0 fully saturated rings. The Bertz CT molecular complexity index is 1200. The van der Waals surface area contributed by atoms with Gasteiger partial charge in [-0.25, -0.2) is 14.5 Å². The summed E-state index contributed by atoms with van der Waals surface area (Å²) in [4.78, 5) is 20.1. The Morgan fingerprint density at radius 1 is 1.16 bits per heavy atom. The molecular weight excluding hydrogens is 417 g/mol. The quantitative estimate of drug-likeness (QED) is 0.443. The fourth-order valence-corrected chi connectivity index (χ4v) is 2.55. The zero-order chi connectivity index (χ0) is 22.0. The largest absolute Gasteiger partial charge is 0.455 e. The van der Waals surface area contributed by atoms with Crippen LogP contribution in [0.5, 0.6) is 0 Å². The predicted molar refractivity (Wildman–Crippen MR) is 97.7 cm³/mol. The van der Waals surface area contributed by atoms with E-state index in [1.165, 1.54) is 16.9 Å². The number of carbonyl (C=O) groups excluding carboxylic acids is 1. The van der Waals surface area contributed by atoms with E-state index in [4.69, 9.17) is 9.26 Å². The fraction of sp³-hybridized carbons (Fsp3) is 0.158. The lowest BCUT2D eigenvalue weighted by atomic mass is 10.1. The van der Waals surface area contributed by atoms with E-state index in [-0.39, 0.29) is 12.4 Å². The van der Waals surface area contributed by atoms with Crippen LogP contribution in [0.4, 0.5) is 13.2 Å². The second-order valence-electron chi connectivity index (χ2n) is 6.36. The van der Waals surface area contributed by atoms with Gasteiger partial charge in [-0.3, -0.25) is 0 Å². The molecule has 0 aliphatic rings. The molecule has 1 aromatic carbocycles. The number of aromatic nitrogens is 6. The van der Waals surface area contributed by atoms with Crippen molar-refractivity contribution < 1.29 is 27.2 Å². The van der Waals surface area contributed by atoms with Crippen LogP contribution in [0.1, 0.15) is 27.4 Å². The Morgan fingerprint density at radius 3 is 2.55 bits per heavy atom. The number of alkyl halides is 3. The van der Waals surface area contributed by atoms with E-state index < -0.39 is 17.7 Å². The summed E-state index contributed by atoms with van der Waals surface area (Å²) in [6.07, 6.45) is -2.37. The number of rotatable bonds is 5. The van der Waals surface area contributed by atoms with E-state index in [1.807, 2.05) is 0 Å². The van der Waals surface area contributed by atoms with Gasteiger partial charge in [-0.05, 0) is 43.3 Å². The van der Waals surface area contributed by atoms with Gasteiger partial charge in [0.05, 0.1) is 17.3 Å². The van der Waals surface area contributed by atoms with Crippen LogP contribution in [-0.2, 0) is 17.5 Å². The highest BCUT2D eigenvalue weighted by Crippen LogP contribution is 2.28. The van der Waals surface area contributed by atoms with Crippen LogP contribution in [0.25, 0.3) is 17.3 Å². The van der Waals surface area contributed by atoms with Gasteiger partial charge in [-0.2, -0.15) is 18.2 Å². The average Bonchev–Trinajstić information content (AvgIpc) is 3.41. The van der Waals surface area contributed by atoms with Crippen molar-refractivity contribution in [2.45, 2.75) is 19.7 Å². The third-order valence-corrected chi connectivity index (χ3v) is 4.10. The number of ether oxygens (including phenoxy) is 1. The molecule has 0 spiro atoms. The lowest BCUT2D eigenvalue weighted by molar-refractivity contribution is -0.137. The van der Waals surface area contributed by atoms with Gasteiger partial charge in [0.2, 0.25) is 0 Å². The van der Waals surface area contributed by atoms with E-state index >= 15 is 0 Å². The van der Waals surface area contributed by atoms with Crippen LogP contribution in [0.2, 0.25) is 0 Å². The molecule has 12 heteroatoms. The van der Waals surface area contributed by atoms with Crippen molar-refractivity contribution in [3.63, 3.8) is 0 Å². The molecule has 0 saturated heterocycles. The highest BCUT2D eigenvalue weighted by atomic mass is 19.4. The van der Waals surface area contributed by atoms with Gasteiger partial charge in [-0.1, -0.05) is 10.4 Å². The maximum atomic E-state index is 12.6. The number of pyridine rings is 1. The molecule has 0 unspecified atom stereocenters. The molecule has 9 nitrogen and oxygen atoms in total. The maximum Gasteiger partial charge on any atom is 0.417 e. The third-order valence-electron chi connectivity index (χ3n) is 4.10. The summed E-state index contributed by atoms with van der Waals surface area (Å²) in [5, 5.41) is 11.3. The molecule has 4 aromatic rings. The second kappa shape index (κ2) is 7.97. The van der Waals surface area contributed by atoms with E-state index in [1.54, 1.807) is 31.2 Å². The molecule has 0 radical (unpaired) electrons. The molecular formula is C19H13F3N6O3. The predicted octanol–water partition coefficient (Wildman–Crippen LogP) is 3.40. The zero-order valence-corrected chi connectivity index (χ0v) is 15.9. The molecule has 0 amide bonds. The van der Waals surface area contributed by atoms with Crippen molar-refractivity contribution in [2.24, 2.45) is 0 Å². The topological polar surface area (TPSA) is 109 Å². The monoisotopic (exact) mass is 430 g/mol. The van der Waals surface area contributed by atoms with Crippen molar-refractivity contribution in [1.29, 1.82) is 0 Å². The number of benzene rings is 1. The fourth-order valence-electron chi connectivity index (χ4n) is 2.55. The van der Waals surface area contributed by atoms with Crippen molar-refractivity contribution in [1.82, 2.24) is 30.1 Å². The Hall–Kier alpha value is -4.09. The van der Waals surface area contributed by atoms with Crippen LogP contribution in [0, 0.1) is 6.92 Å². The number of aryl methyl sites for hydroxylation is 1. The summed E-state index contributed by atoms with van der Waals surface area (Å²) in [6.45, 7) is 1.52. The lowest BCUT2D eigenvalue weighted by Crippen LogP contribution is -2.07. The molecule has 4 rings (SSSR count). The Kier molecular flexibility index (Phi) is 5.19. The zero-order valence-electron chi connectivity index (χ0n) is 15.9. The normalized spacial score (nSPS) is 11.5. The van der Waals surface area contributed by atoms with Crippen LogP contribution in [0.3, 0.4) is 0 Å². The summed E-state index contributed by atoms with van der Waals surface area (Å²) >= 11 is 0. The van der Waals surface area contributed by atoms with Gasteiger partial charge in [-0.15, -0.1) is 5.10 Å². The van der Waals surface area contributed by atoms with E-state index in [0.717, 1.165) is 6.07 Å². The maximum absolute atomic E-state index is 12.6. The molecule has 0 aliphatic heterocycles. The molecule has 0 aliphatic carbocycles. The third kappa shape index (κ3) is 4.57. The first-order valence-electron chi connectivity index (χ1n) is 8.82. The van der Waals surface area contributed by atoms with Gasteiger partial charge < -0.3 is 9.26 Å². The van der Waals surface area contributed by atoms with Crippen LogP contribution in [-0.4, -0.2) is 36.1 Å². The molecule has 0 saturated carbocycles. The van der Waals surface area contributed by atoms with Crippen molar-refractivity contribution >= 4 is 5.97 Å². The van der Waals surface area contributed by atoms with Crippen LogP contribution < -0.4 is 0 Å². The number of nitrogens with zero attached hydrogens (tertiary/aromatic N) is 6. The molecule has 3 heterocycles. The number of esters is 1. The summed E-state index contributed by atoms with van der Waals surface area (Å²) < 4.78 is 49.3. The minimum Gasteiger partial charge on any atom is -0.455 e. The highest BCUT2D eigenvalue weighted by Gasteiger charge is 2.30. The van der Waals surface area contributed by atoms with Gasteiger partial charge in [0.1, 0.15) is 12.3 Å². The minimum absolute atomic E-state index is 0.143. The minimum atomic E-state index is -4.48. The van der Waals surface area contributed by atoms with Crippen LogP contribution >= 0.6 is 0 Å². The van der Waals surface area contributed by atoms with Gasteiger partial charge in [0, 0.05) is 11.8 Å². The van der Waals surface area contributed by atoms with E-state index in [2.05, 4.69) is 25.4 Å². The van der Waals surface area contributed by atoms with Gasteiger partial charge in [0.15, 0.2) is 11.6 Å². The van der Waals surface area contributed by atoms with Crippen molar-refractivity contribution in [2.75, 3.05) is 0 Å². The van der Waals surface area contributed by atoms with E-state index in [0.29, 0.717) is 34.7 Å². The smallest absolute Gasteiger partial charge is 0.417 e. The lowest BCUT2D eigenvalue weighted by Gasteiger charge is -2.06. The number of hydrogen-bond acceptors (Lipinski definition) is 8. The summed E-state index contributed by atoms with van der Waals surface area (Å²) in [5.41, 5.74) is 0.389. The standard InChI is InChI=1S/C19H13F3N6O3/c1-11-24-17(31-26-11)12-2-4-13(5-3-12)18(29)30-10-15-9-28(27-25-15)16-7-6-14(8-23-16)19(20,21)22/h2-9H,10H2,1H3. The Balaban J connectivity index is 1.37. The van der Waals surface area contributed by atoms with Crippen molar-refractivity contribution in [3.8, 4) is 17.3 Å². The molecule has 0 atom stereocenters. The van der Waals surface area contributed by atoms with Gasteiger partial charge in [0.25, 0.3) is 5.89 Å². The van der Waals surface area contributed by atoms with Gasteiger partial charge >= 0.3 is 12.1 Å². The highest BCUT2D eigenvalue weighted by molar-refractivity contribution is 5.89. The number of carbonyl (C=O) groups is 1. The average molecular weight is 430 g/mol. The summed E-state index contributed by atoms with van der Waals surface area (Å²) in [5.74, 6) is 0.393. The second-order valence-corrected chi connectivity index (χ2v) is 6.36. The summed E-state index contributed by atoms with van der Waals surface area (Å²) in [6, 6.07) is 8.47. The first kappa shape index (κ1) is 20.2. The SMILES string of the molecule is Cc1noc(-c2ccc(C(=O)OCc3cn(-c4ccc(C(F)(F)F)cn4)nn3)cc2)n1. The number of halogens is 3. The van der Waals surface area contributed by atoms with E-state index in [9.17, 15) is 18.0 Å². The molecule has 31 heavy (non-hydrogen) atoms. The summed E-state index contributed by atoms with van der Waals surface area (Å²) in [7, 11) is 0. The van der Waals surface area contributed by atoms with Crippen molar-refractivity contribution in [3.05, 3.63) is 71.4 Å². The Labute approximate surface area is 172 Å². The molecule has 0 bridgehead atoms. The molecule has 158 valence electrons. The number of hydrogen-bond donors (Lipinski definition) is 0. The molecule has 0 N–H and O–H groups in total. The Morgan fingerprint density at radius 2 is 1.94 bits per heavy atom. The first-order valence-corrected chi connectivity index (χ1v) is 8.82. The molecule has 3 aromatic heterocycles. The van der Waals surface area contributed by atoms with Crippen LogP contribution in [0.15, 0.2) is 53.3 Å². The first-order chi connectivity index (χ1) is 14.8.